The summed E-state index contributed by atoms with van der Waals surface area (Å²) in [4.78, 5) is 15.6. The van der Waals surface area contributed by atoms with Gasteiger partial charge in [-0.05, 0) is 25.5 Å². The molecular formula is C22H25FN6S. The summed E-state index contributed by atoms with van der Waals surface area (Å²) in [6.45, 7) is 4.76. The molecule has 2 N–H and O–H groups in total. The van der Waals surface area contributed by atoms with Crippen LogP contribution in [0.2, 0.25) is 0 Å². The summed E-state index contributed by atoms with van der Waals surface area (Å²) in [7, 11) is 0. The maximum atomic E-state index is 14.0. The van der Waals surface area contributed by atoms with Crippen molar-refractivity contribution in [3.63, 3.8) is 0 Å². The molecule has 0 aliphatic carbocycles. The fourth-order valence-electron chi connectivity index (χ4n) is 3.45. The summed E-state index contributed by atoms with van der Waals surface area (Å²) < 4.78 is 14.0. The molecule has 0 spiro atoms. The molecule has 30 heavy (non-hydrogen) atoms. The van der Waals surface area contributed by atoms with E-state index in [2.05, 4.69) is 33.1 Å². The average molecular weight is 425 g/mol. The van der Waals surface area contributed by atoms with Crippen LogP contribution in [0.15, 0.2) is 59.0 Å². The van der Waals surface area contributed by atoms with Gasteiger partial charge in [-0.15, -0.1) is 11.3 Å². The summed E-state index contributed by atoms with van der Waals surface area (Å²) in [5.74, 6) is 0.885. The second-order valence-electron chi connectivity index (χ2n) is 7.09. The number of rotatable bonds is 6. The highest BCUT2D eigenvalue weighted by Crippen LogP contribution is 2.24. The lowest BCUT2D eigenvalue weighted by molar-refractivity contribution is 0.612. The number of aliphatic imine (C=N–C) groups is 1. The Labute approximate surface area is 179 Å². The fraction of sp³-hybridized carbons (Fsp3) is 0.318. The van der Waals surface area contributed by atoms with Gasteiger partial charge in [0.1, 0.15) is 5.01 Å². The quantitative estimate of drug-likeness (QED) is 0.467. The van der Waals surface area contributed by atoms with E-state index in [0.717, 1.165) is 41.7 Å². The molecule has 3 heterocycles. The van der Waals surface area contributed by atoms with Crippen LogP contribution >= 0.6 is 11.3 Å². The van der Waals surface area contributed by atoms with Crippen molar-refractivity contribution in [3.05, 3.63) is 65.6 Å². The summed E-state index contributed by atoms with van der Waals surface area (Å²) >= 11 is 1.63. The molecule has 1 aromatic carbocycles. The van der Waals surface area contributed by atoms with Crippen LogP contribution in [0.1, 0.15) is 19.0 Å². The molecular weight excluding hydrogens is 399 g/mol. The van der Waals surface area contributed by atoms with Crippen LogP contribution < -0.4 is 15.5 Å². The Kier molecular flexibility index (Phi) is 6.53. The van der Waals surface area contributed by atoms with Gasteiger partial charge in [-0.25, -0.2) is 19.4 Å². The van der Waals surface area contributed by atoms with Crippen LogP contribution in [0.4, 0.5) is 10.2 Å². The summed E-state index contributed by atoms with van der Waals surface area (Å²) in [5.41, 5.74) is 2.07. The van der Waals surface area contributed by atoms with Crippen LogP contribution in [-0.4, -0.2) is 41.6 Å². The predicted octanol–water partition coefficient (Wildman–Crippen LogP) is 3.68. The van der Waals surface area contributed by atoms with E-state index in [1.165, 1.54) is 6.07 Å². The Morgan fingerprint density at radius 1 is 1.27 bits per heavy atom. The van der Waals surface area contributed by atoms with E-state index < -0.39 is 0 Å². The first kappa shape index (κ1) is 20.3. The van der Waals surface area contributed by atoms with E-state index in [0.29, 0.717) is 18.9 Å². The minimum Gasteiger partial charge on any atom is -0.357 e. The highest BCUT2D eigenvalue weighted by Gasteiger charge is 2.25. The summed E-state index contributed by atoms with van der Waals surface area (Å²) in [6, 6.07) is 13.4. The normalized spacial score (nSPS) is 16.7. The van der Waals surface area contributed by atoms with Crippen molar-refractivity contribution in [2.45, 2.75) is 25.9 Å². The minimum atomic E-state index is -0.281. The first-order chi connectivity index (χ1) is 14.7. The van der Waals surface area contributed by atoms with Gasteiger partial charge < -0.3 is 15.5 Å². The summed E-state index contributed by atoms with van der Waals surface area (Å²) in [6.07, 6.45) is 2.53. The number of pyridine rings is 1. The largest absolute Gasteiger partial charge is 0.357 e. The van der Waals surface area contributed by atoms with Gasteiger partial charge in [0.15, 0.2) is 17.6 Å². The molecule has 1 saturated heterocycles. The molecule has 0 radical (unpaired) electrons. The fourth-order valence-corrected chi connectivity index (χ4v) is 4.26. The van der Waals surface area contributed by atoms with Gasteiger partial charge in [-0.1, -0.05) is 30.3 Å². The molecule has 0 bridgehead atoms. The Morgan fingerprint density at radius 2 is 2.13 bits per heavy atom. The minimum absolute atomic E-state index is 0.180. The molecule has 1 fully saturated rings. The molecule has 1 aliphatic rings. The van der Waals surface area contributed by atoms with Gasteiger partial charge in [-0.3, -0.25) is 0 Å². The number of nitrogens with one attached hydrogen (secondary N) is 2. The maximum absolute atomic E-state index is 14.0. The molecule has 156 valence electrons. The van der Waals surface area contributed by atoms with Crippen molar-refractivity contribution in [1.29, 1.82) is 0 Å². The van der Waals surface area contributed by atoms with Crippen molar-refractivity contribution in [2.75, 3.05) is 24.5 Å². The number of nitrogens with zero attached hydrogens (tertiary/aromatic N) is 4. The summed E-state index contributed by atoms with van der Waals surface area (Å²) in [5, 5.41) is 9.81. The van der Waals surface area contributed by atoms with E-state index in [1.54, 1.807) is 23.6 Å². The maximum Gasteiger partial charge on any atom is 0.191 e. The number of hydrogen-bond acceptors (Lipinski definition) is 5. The van der Waals surface area contributed by atoms with Gasteiger partial charge in [-0.2, -0.15) is 0 Å². The standard InChI is InChI=1S/C22H25FN6S/c1-2-24-22(26-13-18-15-30-21(27-18)16-7-4-3-5-8-16)28-17-10-12-29(14-17)20-19(23)9-6-11-25-20/h3-9,11,15,17H,2,10,12-14H2,1H3,(H2,24,26,28). The molecule has 6 nitrogen and oxygen atoms in total. The third-order valence-corrected chi connectivity index (χ3v) is 5.82. The van der Waals surface area contributed by atoms with Crippen molar-refractivity contribution in [2.24, 2.45) is 4.99 Å². The van der Waals surface area contributed by atoms with E-state index in [9.17, 15) is 4.39 Å². The van der Waals surface area contributed by atoms with Gasteiger partial charge in [0.25, 0.3) is 0 Å². The molecule has 2 aromatic heterocycles. The van der Waals surface area contributed by atoms with Crippen molar-refractivity contribution in [1.82, 2.24) is 20.6 Å². The van der Waals surface area contributed by atoms with Crippen molar-refractivity contribution in [3.8, 4) is 10.6 Å². The van der Waals surface area contributed by atoms with Crippen LogP contribution in [0.3, 0.4) is 0 Å². The number of anilines is 1. The molecule has 0 amide bonds. The zero-order valence-corrected chi connectivity index (χ0v) is 17.7. The average Bonchev–Trinajstić information content (AvgIpc) is 3.43. The Morgan fingerprint density at radius 3 is 2.93 bits per heavy atom. The first-order valence-corrected chi connectivity index (χ1v) is 11.0. The molecule has 4 rings (SSSR count). The van der Waals surface area contributed by atoms with Gasteiger partial charge in [0, 0.05) is 42.8 Å². The van der Waals surface area contributed by atoms with Crippen LogP contribution in [0.5, 0.6) is 0 Å². The topological polar surface area (TPSA) is 65.4 Å². The van der Waals surface area contributed by atoms with E-state index >= 15 is 0 Å². The molecule has 0 saturated carbocycles. The molecule has 8 heteroatoms. The number of benzene rings is 1. The Bertz CT molecular complexity index is 990. The number of guanidine groups is 1. The Balaban J connectivity index is 1.38. The van der Waals surface area contributed by atoms with Crippen LogP contribution in [0.25, 0.3) is 10.6 Å². The smallest absolute Gasteiger partial charge is 0.191 e. The number of aromatic nitrogens is 2. The van der Waals surface area contributed by atoms with Gasteiger partial charge >= 0.3 is 0 Å². The molecule has 1 aliphatic heterocycles. The molecule has 3 aromatic rings. The molecule has 1 atom stereocenters. The van der Waals surface area contributed by atoms with Gasteiger partial charge in [0.2, 0.25) is 0 Å². The van der Waals surface area contributed by atoms with Crippen LogP contribution in [0, 0.1) is 5.82 Å². The third-order valence-electron chi connectivity index (χ3n) is 4.88. The predicted molar refractivity (Wildman–Crippen MR) is 120 cm³/mol. The number of hydrogen-bond donors (Lipinski definition) is 2. The second kappa shape index (κ2) is 9.67. The highest BCUT2D eigenvalue weighted by molar-refractivity contribution is 7.13. The number of halogens is 1. The zero-order valence-electron chi connectivity index (χ0n) is 16.9. The van der Waals surface area contributed by atoms with Crippen molar-refractivity contribution < 1.29 is 4.39 Å². The SMILES string of the molecule is CCNC(=NCc1csc(-c2ccccc2)n1)NC1CCN(c2ncccc2F)C1. The van der Waals surface area contributed by atoms with E-state index in [4.69, 9.17) is 9.98 Å². The molecule has 1 unspecified atom stereocenters. The Hall–Kier alpha value is -3.00. The highest BCUT2D eigenvalue weighted by atomic mass is 32.1. The third kappa shape index (κ3) is 4.94. The van der Waals surface area contributed by atoms with E-state index in [-0.39, 0.29) is 11.9 Å². The lowest BCUT2D eigenvalue weighted by atomic mass is 10.2. The first-order valence-electron chi connectivity index (χ1n) is 10.1. The number of thiazole rings is 1. The van der Waals surface area contributed by atoms with Crippen LogP contribution in [-0.2, 0) is 6.54 Å². The van der Waals surface area contributed by atoms with Gasteiger partial charge in [0.05, 0.1) is 12.2 Å². The second-order valence-corrected chi connectivity index (χ2v) is 7.95. The lowest BCUT2D eigenvalue weighted by Crippen LogP contribution is -2.44. The lowest BCUT2D eigenvalue weighted by Gasteiger charge is -2.19. The van der Waals surface area contributed by atoms with E-state index in [1.807, 2.05) is 30.0 Å². The zero-order chi connectivity index (χ0) is 20.8. The monoisotopic (exact) mass is 424 g/mol. The van der Waals surface area contributed by atoms with Crippen molar-refractivity contribution >= 4 is 23.1 Å².